The van der Waals surface area contributed by atoms with Gasteiger partial charge in [-0.3, -0.25) is 4.79 Å². The fraction of sp³-hybridized carbons (Fsp3) is 0.381. The van der Waals surface area contributed by atoms with Crippen LogP contribution >= 0.6 is 0 Å². The highest BCUT2D eigenvalue weighted by molar-refractivity contribution is 5.80. The topological polar surface area (TPSA) is 56.8 Å². The number of amides is 1. The minimum absolute atomic E-state index is 0.178. The van der Waals surface area contributed by atoms with Crippen molar-refractivity contribution in [2.45, 2.75) is 32.8 Å². The molecule has 0 radical (unpaired) electrons. The van der Waals surface area contributed by atoms with Gasteiger partial charge >= 0.3 is 0 Å². The normalized spacial score (nSPS) is 11.5. The number of carbonyl (C=O) groups is 1. The van der Waals surface area contributed by atoms with Gasteiger partial charge in [0.25, 0.3) is 5.91 Å². The Morgan fingerprint density at radius 2 is 1.62 bits per heavy atom. The van der Waals surface area contributed by atoms with Crippen molar-refractivity contribution in [2.24, 2.45) is 0 Å². The van der Waals surface area contributed by atoms with Crippen molar-refractivity contribution in [2.75, 3.05) is 20.3 Å². The lowest BCUT2D eigenvalue weighted by molar-refractivity contribution is -0.127. The number of hydrogen-bond acceptors (Lipinski definition) is 4. The number of rotatable bonds is 10. The van der Waals surface area contributed by atoms with Gasteiger partial charge in [0.15, 0.2) is 6.10 Å². The summed E-state index contributed by atoms with van der Waals surface area (Å²) >= 11 is 0. The third-order valence-electron chi connectivity index (χ3n) is 3.87. The van der Waals surface area contributed by atoms with Crippen molar-refractivity contribution >= 4 is 5.91 Å². The fourth-order valence-corrected chi connectivity index (χ4v) is 2.44. The molecule has 0 aliphatic heterocycles. The van der Waals surface area contributed by atoms with E-state index in [4.69, 9.17) is 14.2 Å². The van der Waals surface area contributed by atoms with E-state index >= 15 is 0 Å². The van der Waals surface area contributed by atoms with Crippen LogP contribution in [0.3, 0.4) is 0 Å². The summed E-state index contributed by atoms with van der Waals surface area (Å²) in [5.41, 5.74) is 1.30. The molecule has 1 amide bonds. The number of aryl methyl sites for hydroxylation is 1. The van der Waals surface area contributed by atoms with Crippen LogP contribution in [0.25, 0.3) is 0 Å². The minimum atomic E-state index is -0.586. The molecular formula is C21H27NO4. The van der Waals surface area contributed by atoms with Gasteiger partial charge in [0.05, 0.1) is 13.7 Å². The van der Waals surface area contributed by atoms with Crippen LogP contribution in [-0.2, 0) is 11.2 Å². The van der Waals surface area contributed by atoms with Crippen LogP contribution < -0.4 is 19.5 Å². The van der Waals surface area contributed by atoms with E-state index < -0.39 is 6.10 Å². The first-order valence-corrected chi connectivity index (χ1v) is 8.92. The van der Waals surface area contributed by atoms with Crippen LogP contribution in [0.5, 0.6) is 17.2 Å². The van der Waals surface area contributed by atoms with Crippen LogP contribution in [-0.4, -0.2) is 32.3 Å². The summed E-state index contributed by atoms with van der Waals surface area (Å²) < 4.78 is 16.4. The van der Waals surface area contributed by atoms with Gasteiger partial charge in [-0.25, -0.2) is 0 Å². The molecule has 0 heterocycles. The number of ether oxygens (including phenoxy) is 3. The van der Waals surface area contributed by atoms with Gasteiger partial charge < -0.3 is 19.5 Å². The van der Waals surface area contributed by atoms with Gasteiger partial charge in [0.1, 0.15) is 23.9 Å². The van der Waals surface area contributed by atoms with Crippen molar-refractivity contribution in [3.63, 3.8) is 0 Å². The summed E-state index contributed by atoms with van der Waals surface area (Å²) in [6.07, 6.45) is 1.61. The van der Waals surface area contributed by atoms with Crippen LogP contribution in [0, 0.1) is 0 Å². The molecule has 0 saturated heterocycles. The molecule has 2 aromatic carbocycles. The summed E-state index contributed by atoms with van der Waals surface area (Å²) in [6.45, 7) is 4.71. The maximum Gasteiger partial charge on any atom is 0.260 e. The molecule has 1 N–H and O–H groups in total. The zero-order chi connectivity index (χ0) is 18.8. The van der Waals surface area contributed by atoms with E-state index in [1.54, 1.807) is 38.3 Å². The van der Waals surface area contributed by atoms with Crippen molar-refractivity contribution < 1.29 is 19.0 Å². The average Bonchev–Trinajstić information content (AvgIpc) is 2.67. The fourth-order valence-electron chi connectivity index (χ4n) is 2.44. The molecule has 0 aliphatic rings. The molecule has 5 heteroatoms. The van der Waals surface area contributed by atoms with E-state index in [9.17, 15) is 4.79 Å². The first-order chi connectivity index (χ1) is 12.6. The zero-order valence-electron chi connectivity index (χ0n) is 15.7. The lowest BCUT2D eigenvalue weighted by atomic mass is 10.1. The largest absolute Gasteiger partial charge is 0.497 e. The van der Waals surface area contributed by atoms with Crippen molar-refractivity contribution in [3.05, 3.63) is 54.1 Å². The molecule has 5 nitrogen and oxygen atoms in total. The standard InChI is InChI=1S/C21H27NO4/c1-4-5-17-6-8-19(9-7-17)25-15-14-22-21(23)16(2)26-20-12-10-18(24-3)11-13-20/h6-13,16H,4-5,14-15H2,1-3H3,(H,22,23)/t16-/m1/s1. The molecule has 0 aromatic heterocycles. The summed E-state index contributed by atoms with van der Waals surface area (Å²) in [7, 11) is 1.60. The molecule has 26 heavy (non-hydrogen) atoms. The average molecular weight is 357 g/mol. The highest BCUT2D eigenvalue weighted by Gasteiger charge is 2.14. The molecule has 2 aromatic rings. The SMILES string of the molecule is CCCc1ccc(OCCNC(=O)[C@@H](C)Oc2ccc(OC)cc2)cc1. The second-order valence-electron chi connectivity index (χ2n) is 5.97. The second-order valence-corrected chi connectivity index (χ2v) is 5.97. The maximum atomic E-state index is 12.1. The number of hydrogen-bond donors (Lipinski definition) is 1. The monoisotopic (exact) mass is 357 g/mol. The van der Waals surface area contributed by atoms with Crippen molar-refractivity contribution in [3.8, 4) is 17.2 Å². The lowest BCUT2D eigenvalue weighted by Crippen LogP contribution is -2.38. The van der Waals surface area contributed by atoms with Crippen molar-refractivity contribution in [1.82, 2.24) is 5.32 Å². The van der Waals surface area contributed by atoms with Crippen LogP contribution in [0.1, 0.15) is 25.8 Å². The van der Waals surface area contributed by atoms with E-state index in [0.29, 0.717) is 18.9 Å². The van der Waals surface area contributed by atoms with Gasteiger partial charge in [-0.2, -0.15) is 0 Å². The Labute approximate surface area is 155 Å². The molecule has 140 valence electrons. The Kier molecular flexibility index (Phi) is 7.80. The number of benzene rings is 2. The summed E-state index contributed by atoms with van der Waals surface area (Å²) in [6, 6.07) is 15.2. The molecule has 2 rings (SSSR count). The van der Waals surface area contributed by atoms with E-state index in [2.05, 4.69) is 24.4 Å². The lowest BCUT2D eigenvalue weighted by Gasteiger charge is -2.15. The van der Waals surface area contributed by atoms with Gasteiger partial charge in [-0.05, 0) is 55.3 Å². The molecule has 0 fully saturated rings. The van der Waals surface area contributed by atoms with Crippen LogP contribution in [0.15, 0.2) is 48.5 Å². The third-order valence-corrected chi connectivity index (χ3v) is 3.87. The smallest absolute Gasteiger partial charge is 0.260 e. The Bertz CT molecular complexity index is 667. The van der Waals surface area contributed by atoms with Crippen LogP contribution in [0.2, 0.25) is 0 Å². The van der Waals surface area contributed by atoms with E-state index in [1.165, 1.54) is 5.56 Å². The van der Waals surface area contributed by atoms with Gasteiger partial charge in [-0.1, -0.05) is 25.5 Å². The molecule has 0 aliphatic carbocycles. The summed E-state index contributed by atoms with van der Waals surface area (Å²) in [5.74, 6) is 2.00. The predicted octanol–water partition coefficient (Wildman–Crippen LogP) is 3.61. The predicted molar refractivity (Wildman–Crippen MR) is 102 cm³/mol. The third kappa shape index (κ3) is 6.31. The van der Waals surface area contributed by atoms with Gasteiger partial charge in [-0.15, -0.1) is 0 Å². The number of nitrogens with one attached hydrogen (secondary N) is 1. The number of carbonyl (C=O) groups excluding carboxylic acids is 1. The Morgan fingerprint density at radius 1 is 1.00 bits per heavy atom. The Morgan fingerprint density at radius 3 is 2.23 bits per heavy atom. The first-order valence-electron chi connectivity index (χ1n) is 8.92. The highest BCUT2D eigenvalue weighted by atomic mass is 16.5. The number of methoxy groups -OCH3 is 1. The van der Waals surface area contributed by atoms with Gasteiger partial charge in [0.2, 0.25) is 0 Å². The van der Waals surface area contributed by atoms with E-state index in [1.807, 2.05) is 12.1 Å². The molecule has 0 unspecified atom stereocenters. The van der Waals surface area contributed by atoms with Crippen molar-refractivity contribution in [1.29, 1.82) is 0 Å². The molecule has 0 bridgehead atoms. The highest BCUT2D eigenvalue weighted by Crippen LogP contribution is 2.18. The minimum Gasteiger partial charge on any atom is -0.497 e. The molecule has 0 spiro atoms. The quantitative estimate of drug-likeness (QED) is 0.660. The summed E-state index contributed by atoms with van der Waals surface area (Å²) in [5, 5.41) is 2.81. The Balaban J connectivity index is 1.68. The first kappa shape index (κ1) is 19.6. The van der Waals surface area contributed by atoms with E-state index in [-0.39, 0.29) is 5.91 Å². The Hall–Kier alpha value is -2.69. The van der Waals surface area contributed by atoms with Crippen LogP contribution in [0.4, 0.5) is 0 Å². The summed E-state index contributed by atoms with van der Waals surface area (Å²) in [4.78, 5) is 12.1. The molecule has 0 saturated carbocycles. The molecular weight excluding hydrogens is 330 g/mol. The van der Waals surface area contributed by atoms with Gasteiger partial charge in [0, 0.05) is 0 Å². The second kappa shape index (κ2) is 10.3. The molecule has 1 atom stereocenters. The van der Waals surface area contributed by atoms with E-state index in [0.717, 1.165) is 24.3 Å². The zero-order valence-corrected chi connectivity index (χ0v) is 15.7. The maximum absolute atomic E-state index is 12.1.